The highest BCUT2D eigenvalue weighted by Gasteiger charge is 2.01. The maximum Gasteiger partial charge on any atom is 0.181 e. The Kier molecular flexibility index (Phi) is 1.22. The number of nitrogens with zero attached hydrogens (tertiary/aromatic N) is 1. The number of oxazole rings is 1. The van der Waals surface area contributed by atoms with Crippen molar-refractivity contribution < 1.29 is 4.42 Å². The lowest BCUT2D eigenvalue weighted by atomic mass is 10.1. The number of fused-ring (bicyclic) bond motifs is 1. The summed E-state index contributed by atoms with van der Waals surface area (Å²) in [4.78, 5) is 4.09. The Morgan fingerprint density at radius 2 is 2.09 bits per heavy atom. The number of aromatic nitrogens is 1. The van der Waals surface area contributed by atoms with E-state index in [1.807, 2.05) is 13.0 Å². The molecule has 0 N–H and O–H groups in total. The lowest BCUT2D eigenvalue weighted by Crippen LogP contribution is -1.78. The number of benzene rings is 1. The van der Waals surface area contributed by atoms with E-state index in [0.717, 1.165) is 11.1 Å². The SMILES string of the molecule is Cc1cc(C)c2ncoc2c1. The molecule has 1 heterocycles. The van der Waals surface area contributed by atoms with Crippen molar-refractivity contribution >= 4 is 11.1 Å². The van der Waals surface area contributed by atoms with E-state index in [9.17, 15) is 0 Å². The van der Waals surface area contributed by atoms with Crippen molar-refractivity contribution in [1.29, 1.82) is 0 Å². The molecule has 0 atom stereocenters. The molecule has 0 aliphatic heterocycles. The van der Waals surface area contributed by atoms with Crippen LogP contribution in [0.5, 0.6) is 0 Å². The van der Waals surface area contributed by atoms with Crippen LogP contribution < -0.4 is 0 Å². The Labute approximate surface area is 64.9 Å². The lowest BCUT2D eigenvalue weighted by Gasteiger charge is -1.94. The van der Waals surface area contributed by atoms with E-state index in [1.165, 1.54) is 17.5 Å². The zero-order valence-corrected chi connectivity index (χ0v) is 6.59. The Morgan fingerprint density at radius 3 is 2.91 bits per heavy atom. The average Bonchev–Trinajstić information content (AvgIpc) is 2.34. The van der Waals surface area contributed by atoms with Gasteiger partial charge in [0.2, 0.25) is 0 Å². The van der Waals surface area contributed by atoms with Crippen molar-refractivity contribution in [2.45, 2.75) is 13.8 Å². The number of aryl methyl sites for hydroxylation is 2. The molecule has 1 aromatic heterocycles. The fourth-order valence-corrected chi connectivity index (χ4v) is 1.31. The van der Waals surface area contributed by atoms with Gasteiger partial charge >= 0.3 is 0 Å². The minimum atomic E-state index is 0.877. The molecule has 2 rings (SSSR count). The predicted molar refractivity (Wildman–Crippen MR) is 43.5 cm³/mol. The normalized spacial score (nSPS) is 10.7. The second-order valence-corrected chi connectivity index (χ2v) is 2.78. The van der Waals surface area contributed by atoms with E-state index < -0.39 is 0 Å². The summed E-state index contributed by atoms with van der Waals surface area (Å²) >= 11 is 0. The first kappa shape index (κ1) is 6.40. The molecular weight excluding hydrogens is 138 g/mol. The van der Waals surface area contributed by atoms with Crippen molar-refractivity contribution in [3.8, 4) is 0 Å². The summed E-state index contributed by atoms with van der Waals surface area (Å²) in [7, 11) is 0. The molecule has 0 unspecified atom stereocenters. The summed E-state index contributed by atoms with van der Waals surface area (Å²) in [6.07, 6.45) is 1.48. The van der Waals surface area contributed by atoms with E-state index >= 15 is 0 Å². The molecule has 0 amide bonds. The molecular formula is C9H9NO. The molecule has 56 valence electrons. The molecule has 0 aliphatic carbocycles. The van der Waals surface area contributed by atoms with Gasteiger partial charge in [-0.1, -0.05) is 6.07 Å². The molecule has 0 saturated carbocycles. The van der Waals surface area contributed by atoms with Crippen LogP contribution in [0, 0.1) is 13.8 Å². The van der Waals surface area contributed by atoms with Crippen LogP contribution in [0.1, 0.15) is 11.1 Å². The molecule has 2 nitrogen and oxygen atoms in total. The highest BCUT2D eigenvalue weighted by Crippen LogP contribution is 2.18. The summed E-state index contributed by atoms with van der Waals surface area (Å²) in [6.45, 7) is 4.09. The topological polar surface area (TPSA) is 26.0 Å². The molecule has 0 bridgehead atoms. The largest absolute Gasteiger partial charge is 0.443 e. The molecule has 1 aromatic carbocycles. The van der Waals surface area contributed by atoms with Crippen LogP contribution in [0.4, 0.5) is 0 Å². The first-order chi connectivity index (χ1) is 5.27. The van der Waals surface area contributed by atoms with Crippen LogP contribution in [0.2, 0.25) is 0 Å². The first-order valence-corrected chi connectivity index (χ1v) is 3.58. The van der Waals surface area contributed by atoms with E-state index in [0.29, 0.717) is 0 Å². The Bertz CT molecular complexity index is 389. The van der Waals surface area contributed by atoms with Crippen molar-refractivity contribution in [2.75, 3.05) is 0 Å². The molecule has 0 fully saturated rings. The fourth-order valence-electron chi connectivity index (χ4n) is 1.31. The van der Waals surface area contributed by atoms with Gasteiger partial charge in [0.05, 0.1) is 0 Å². The van der Waals surface area contributed by atoms with E-state index in [1.54, 1.807) is 0 Å². The number of hydrogen-bond acceptors (Lipinski definition) is 2. The highest BCUT2D eigenvalue weighted by molar-refractivity contribution is 5.76. The Hall–Kier alpha value is -1.31. The Morgan fingerprint density at radius 1 is 1.27 bits per heavy atom. The van der Waals surface area contributed by atoms with Crippen LogP contribution in [-0.2, 0) is 0 Å². The second-order valence-electron chi connectivity index (χ2n) is 2.78. The third-order valence-corrected chi connectivity index (χ3v) is 1.77. The van der Waals surface area contributed by atoms with Crippen LogP contribution in [0.3, 0.4) is 0 Å². The van der Waals surface area contributed by atoms with Gasteiger partial charge in [-0.15, -0.1) is 0 Å². The van der Waals surface area contributed by atoms with Crippen LogP contribution in [0.25, 0.3) is 11.1 Å². The summed E-state index contributed by atoms with van der Waals surface area (Å²) in [6, 6.07) is 4.10. The summed E-state index contributed by atoms with van der Waals surface area (Å²) in [5.74, 6) is 0. The lowest BCUT2D eigenvalue weighted by molar-refractivity contribution is 0.602. The zero-order valence-electron chi connectivity index (χ0n) is 6.59. The van der Waals surface area contributed by atoms with Gasteiger partial charge in [-0.3, -0.25) is 0 Å². The summed E-state index contributed by atoms with van der Waals surface area (Å²) < 4.78 is 5.17. The molecule has 11 heavy (non-hydrogen) atoms. The number of hydrogen-bond donors (Lipinski definition) is 0. The van der Waals surface area contributed by atoms with Gasteiger partial charge in [-0.25, -0.2) is 4.98 Å². The van der Waals surface area contributed by atoms with Gasteiger partial charge in [-0.05, 0) is 31.0 Å². The first-order valence-electron chi connectivity index (χ1n) is 3.58. The van der Waals surface area contributed by atoms with Gasteiger partial charge in [0.1, 0.15) is 5.52 Å². The van der Waals surface area contributed by atoms with E-state index in [-0.39, 0.29) is 0 Å². The fraction of sp³-hybridized carbons (Fsp3) is 0.222. The maximum absolute atomic E-state index is 5.17. The zero-order chi connectivity index (χ0) is 7.84. The molecule has 0 spiro atoms. The third kappa shape index (κ3) is 0.909. The summed E-state index contributed by atoms with van der Waals surface area (Å²) in [5, 5.41) is 0. The Balaban J connectivity index is 2.91. The van der Waals surface area contributed by atoms with Gasteiger partial charge in [-0.2, -0.15) is 0 Å². The monoisotopic (exact) mass is 147 g/mol. The van der Waals surface area contributed by atoms with Crippen molar-refractivity contribution in [3.05, 3.63) is 29.7 Å². The van der Waals surface area contributed by atoms with E-state index in [4.69, 9.17) is 4.42 Å². The second kappa shape index (κ2) is 2.09. The molecule has 0 saturated heterocycles. The average molecular weight is 147 g/mol. The maximum atomic E-state index is 5.17. The molecule has 2 aromatic rings. The quantitative estimate of drug-likeness (QED) is 0.572. The van der Waals surface area contributed by atoms with Gasteiger partial charge in [0.25, 0.3) is 0 Å². The molecule has 0 aliphatic rings. The van der Waals surface area contributed by atoms with Crippen molar-refractivity contribution in [2.24, 2.45) is 0 Å². The van der Waals surface area contributed by atoms with Crippen molar-refractivity contribution in [1.82, 2.24) is 4.98 Å². The van der Waals surface area contributed by atoms with Gasteiger partial charge in [0, 0.05) is 0 Å². The summed E-state index contributed by atoms with van der Waals surface area (Å²) in [5.41, 5.74) is 4.23. The predicted octanol–water partition coefficient (Wildman–Crippen LogP) is 2.44. The van der Waals surface area contributed by atoms with Crippen molar-refractivity contribution in [3.63, 3.8) is 0 Å². The standard InChI is InChI=1S/C9H9NO/c1-6-3-7(2)9-8(4-6)11-5-10-9/h3-5H,1-2H3. The van der Waals surface area contributed by atoms with E-state index in [2.05, 4.69) is 18.0 Å². The van der Waals surface area contributed by atoms with Gasteiger partial charge in [0.15, 0.2) is 12.0 Å². The highest BCUT2D eigenvalue weighted by atomic mass is 16.3. The van der Waals surface area contributed by atoms with Gasteiger partial charge < -0.3 is 4.42 Å². The van der Waals surface area contributed by atoms with Crippen LogP contribution >= 0.6 is 0 Å². The third-order valence-electron chi connectivity index (χ3n) is 1.77. The minimum Gasteiger partial charge on any atom is -0.443 e. The molecule has 2 heteroatoms. The number of rotatable bonds is 0. The molecule has 0 radical (unpaired) electrons. The minimum absolute atomic E-state index is 0.877. The smallest absolute Gasteiger partial charge is 0.181 e. The van der Waals surface area contributed by atoms with Crippen LogP contribution in [-0.4, -0.2) is 4.98 Å². The van der Waals surface area contributed by atoms with Crippen LogP contribution in [0.15, 0.2) is 22.9 Å².